The van der Waals surface area contributed by atoms with Crippen LogP contribution in [-0.2, 0) is 14.4 Å². The van der Waals surface area contributed by atoms with Crippen molar-refractivity contribution in [3.8, 4) is 0 Å². The van der Waals surface area contributed by atoms with Gasteiger partial charge in [0.15, 0.2) is 0 Å². The Kier molecular flexibility index (Phi) is 4.95. The predicted octanol–water partition coefficient (Wildman–Crippen LogP) is 2.74. The van der Waals surface area contributed by atoms with E-state index in [1.54, 1.807) is 13.0 Å². The van der Waals surface area contributed by atoms with Crippen molar-refractivity contribution in [1.29, 1.82) is 0 Å². The highest BCUT2D eigenvalue weighted by molar-refractivity contribution is 6.34. The van der Waals surface area contributed by atoms with Gasteiger partial charge in [0.2, 0.25) is 11.5 Å². The summed E-state index contributed by atoms with van der Waals surface area (Å²) in [5.41, 5.74) is 0.227. The maximum atomic E-state index is 13.3. The number of oxime groups is 1. The molecule has 27 heavy (non-hydrogen) atoms. The number of nitrogens with zero attached hydrogens (tertiary/aromatic N) is 2. The molecule has 6 nitrogen and oxygen atoms in total. The average molecular weight is 390 g/mol. The number of halogens is 1. The third-order valence-electron chi connectivity index (χ3n) is 5.51. The Morgan fingerprint density at radius 2 is 2.07 bits per heavy atom. The highest BCUT2D eigenvalue weighted by Gasteiger charge is 2.51. The second-order valence-electron chi connectivity index (χ2n) is 7.80. The summed E-state index contributed by atoms with van der Waals surface area (Å²) in [4.78, 5) is 33.5. The lowest BCUT2D eigenvalue weighted by atomic mass is 9.92. The van der Waals surface area contributed by atoms with Crippen LogP contribution in [0.2, 0.25) is 5.02 Å². The van der Waals surface area contributed by atoms with Crippen molar-refractivity contribution in [1.82, 2.24) is 10.2 Å². The van der Waals surface area contributed by atoms with E-state index in [9.17, 15) is 9.59 Å². The first-order valence-corrected chi connectivity index (χ1v) is 9.95. The summed E-state index contributed by atoms with van der Waals surface area (Å²) in [5.74, 6) is -0.505. The fourth-order valence-corrected chi connectivity index (χ4v) is 4.03. The quantitative estimate of drug-likeness (QED) is 0.804. The number of piperidine rings is 1. The van der Waals surface area contributed by atoms with Crippen LogP contribution in [0.5, 0.6) is 0 Å². The van der Waals surface area contributed by atoms with E-state index >= 15 is 0 Å². The van der Waals surface area contributed by atoms with Crippen molar-refractivity contribution in [3.63, 3.8) is 0 Å². The number of imide groups is 1. The molecule has 1 saturated carbocycles. The van der Waals surface area contributed by atoms with E-state index in [0.29, 0.717) is 23.7 Å². The molecule has 2 fully saturated rings. The normalized spacial score (nSPS) is 27.6. The Bertz CT molecular complexity index is 786. The van der Waals surface area contributed by atoms with E-state index in [2.05, 4.69) is 10.5 Å². The van der Waals surface area contributed by atoms with Crippen LogP contribution in [0.4, 0.5) is 0 Å². The van der Waals surface area contributed by atoms with Gasteiger partial charge in [-0.05, 0) is 45.2 Å². The Hall–Kier alpha value is -1.92. The number of hydrogen-bond acceptors (Lipinski definition) is 5. The van der Waals surface area contributed by atoms with E-state index in [4.69, 9.17) is 16.4 Å². The van der Waals surface area contributed by atoms with Gasteiger partial charge in [0.1, 0.15) is 0 Å². The van der Waals surface area contributed by atoms with Gasteiger partial charge in [-0.3, -0.25) is 14.5 Å². The number of rotatable bonds is 4. The van der Waals surface area contributed by atoms with Crippen LogP contribution in [0.1, 0.15) is 44.6 Å². The maximum Gasteiger partial charge on any atom is 0.276 e. The van der Waals surface area contributed by atoms with Gasteiger partial charge in [0, 0.05) is 29.6 Å². The standard InChI is InChI=1S/C20H24ClN3O3/c1-20(11-17(23-27-20)15-6-2-3-7-16(15)21)19(26)24(14-8-9-14)18(25)13-5-4-10-22-12-13/h2-3,6-7,13-14,22H,4-5,8-12H2,1H3. The lowest BCUT2D eigenvalue weighted by molar-refractivity contribution is -0.162. The van der Waals surface area contributed by atoms with Crippen LogP contribution < -0.4 is 5.32 Å². The average Bonchev–Trinajstić information content (AvgIpc) is 3.44. The topological polar surface area (TPSA) is 71.0 Å². The van der Waals surface area contributed by atoms with Gasteiger partial charge in [-0.15, -0.1) is 0 Å². The van der Waals surface area contributed by atoms with Gasteiger partial charge in [0.05, 0.1) is 11.6 Å². The summed E-state index contributed by atoms with van der Waals surface area (Å²) in [5, 5.41) is 7.96. The van der Waals surface area contributed by atoms with E-state index in [0.717, 1.165) is 37.8 Å². The zero-order valence-electron chi connectivity index (χ0n) is 15.4. The number of carbonyl (C=O) groups is 2. The lowest BCUT2D eigenvalue weighted by Gasteiger charge is -2.32. The van der Waals surface area contributed by atoms with E-state index < -0.39 is 5.60 Å². The zero-order valence-corrected chi connectivity index (χ0v) is 16.2. The molecule has 3 aliphatic rings. The molecule has 2 unspecified atom stereocenters. The minimum absolute atomic E-state index is 0.00304. The van der Waals surface area contributed by atoms with Crippen molar-refractivity contribution >= 4 is 29.1 Å². The molecule has 1 N–H and O–H groups in total. The smallest absolute Gasteiger partial charge is 0.276 e. The van der Waals surface area contributed by atoms with Crippen LogP contribution in [-0.4, -0.2) is 47.2 Å². The SMILES string of the molecule is CC1(C(=O)N(C(=O)C2CCCNC2)C2CC2)CC(c2ccccc2Cl)=NO1. The summed E-state index contributed by atoms with van der Waals surface area (Å²) in [6, 6.07) is 7.36. The number of amides is 2. The van der Waals surface area contributed by atoms with Gasteiger partial charge >= 0.3 is 0 Å². The molecule has 1 saturated heterocycles. The molecule has 2 heterocycles. The minimum atomic E-state index is -1.17. The maximum absolute atomic E-state index is 13.3. The zero-order chi connectivity index (χ0) is 19.0. The number of carbonyl (C=O) groups excluding carboxylic acids is 2. The minimum Gasteiger partial charge on any atom is -0.379 e. The largest absolute Gasteiger partial charge is 0.379 e. The summed E-state index contributed by atoms with van der Waals surface area (Å²) in [6.07, 6.45) is 3.81. The number of benzene rings is 1. The molecule has 1 aromatic rings. The van der Waals surface area contributed by atoms with E-state index in [1.165, 1.54) is 4.90 Å². The molecule has 0 bridgehead atoms. The number of nitrogens with one attached hydrogen (secondary N) is 1. The van der Waals surface area contributed by atoms with Crippen LogP contribution in [0.25, 0.3) is 0 Å². The molecule has 0 spiro atoms. The fourth-order valence-electron chi connectivity index (χ4n) is 3.79. The molecule has 0 radical (unpaired) electrons. The highest BCUT2D eigenvalue weighted by Crippen LogP contribution is 2.36. The fraction of sp³-hybridized carbons (Fsp3) is 0.550. The first kappa shape index (κ1) is 18.4. The summed E-state index contributed by atoms with van der Waals surface area (Å²) < 4.78 is 0. The van der Waals surface area contributed by atoms with Crippen molar-refractivity contribution in [2.24, 2.45) is 11.1 Å². The Morgan fingerprint density at radius 1 is 1.30 bits per heavy atom. The summed E-state index contributed by atoms with van der Waals surface area (Å²) in [7, 11) is 0. The molecule has 4 rings (SSSR count). The number of hydrogen-bond donors (Lipinski definition) is 1. The molecular formula is C20H24ClN3O3. The van der Waals surface area contributed by atoms with Crippen LogP contribution in [0, 0.1) is 5.92 Å². The van der Waals surface area contributed by atoms with Gasteiger partial charge in [0.25, 0.3) is 5.91 Å². The van der Waals surface area contributed by atoms with Crippen molar-refractivity contribution < 1.29 is 14.4 Å². The summed E-state index contributed by atoms with van der Waals surface area (Å²) >= 11 is 6.26. The molecule has 2 aliphatic heterocycles. The molecule has 144 valence electrons. The van der Waals surface area contributed by atoms with E-state index in [1.807, 2.05) is 18.2 Å². The van der Waals surface area contributed by atoms with Crippen LogP contribution >= 0.6 is 11.6 Å². The van der Waals surface area contributed by atoms with E-state index in [-0.39, 0.29) is 23.8 Å². The molecule has 2 atom stereocenters. The summed E-state index contributed by atoms with van der Waals surface area (Å²) in [6.45, 7) is 3.27. The molecular weight excluding hydrogens is 366 g/mol. The molecule has 0 aromatic heterocycles. The third-order valence-corrected chi connectivity index (χ3v) is 5.84. The molecule has 7 heteroatoms. The molecule has 2 amide bonds. The second kappa shape index (κ2) is 7.24. The first-order chi connectivity index (χ1) is 13.0. The Balaban J connectivity index is 1.52. The molecule has 1 aliphatic carbocycles. The van der Waals surface area contributed by atoms with Crippen molar-refractivity contribution in [3.05, 3.63) is 34.9 Å². The van der Waals surface area contributed by atoms with Crippen LogP contribution in [0.15, 0.2) is 29.4 Å². The Morgan fingerprint density at radius 3 is 2.74 bits per heavy atom. The molecule has 1 aromatic carbocycles. The van der Waals surface area contributed by atoms with Gasteiger partial charge < -0.3 is 10.2 Å². The first-order valence-electron chi connectivity index (χ1n) is 9.58. The van der Waals surface area contributed by atoms with Gasteiger partial charge in [-0.2, -0.15) is 0 Å². The second-order valence-corrected chi connectivity index (χ2v) is 8.21. The lowest BCUT2D eigenvalue weighted by Crippen LogP contribution is -2.54. The van der Waals surface area contributed by atoms with Gasteiger partial charge in [-0.1, -0.05) is 35.0 Å². The van der Waals surface area contributed by atoms with Crippen LogP contribution in [0.3, 0.4) is 0 Å². The monoisotopic (exact) mass is 389 g/mol. The highest BCUT2D eigenvalue weighted by atomic mass is 35.5. The predicted molar refractivity (Wildman–Crippen MR) is 103 cm³/mol. The van der Waals surface area contributed by atoms with Crippen molar-refractivity contribution in [2.75, 3.05) is 13.1 Å². The Labute approximate surface area is 163 Å². The third kappa shape index (κ3) is 3.60. The van der Waals surface area contributed by atoms with Gasteiger partial charge in [-0.25, -0.2) is 0 Å². The van der Waals surface area contributed by atoms with Crippen molar-refractivity contribution in [2.45, 2.75) is 50.7 Å².